The van der Waals surface area contributed by atoms with E-state index in [9.17, 15) is 4.79 Å². The van der Waals surface area contributed by atoms with E-state index in [1.54, 1.807) is 0 Å². The minimum absolute atomic E-state index is 0.100. The van der Waals surface area contributed by atoms with Crippen LogP contribution in [0, 0.1) is 13.8 Å². The summed E-state index contributed by atoms with van der Waals surface area (Å²) in [5.41, 5.74) is 3.14. The van der Waals surface area contributed by atoms with Gasteiger partial charge in [-0.2, -0.15) is 0 Å². The number of carbonyl (C=O) groups is 1. The van der Waals surface area contributed by atoms with Crippen molar-refractivity contribution in [3.63, 3.8) is 0 Å². The van der Waals surface area contributed by atoms with Crippen molar-refractivity contribution in [2.45, 2.75) is 39.7 Å². The molecule has 1 N–H and O–H groups in total. The maximum atomic E-state index is 12.7. The van der Waals surface area contributed by atoms with Crippen LogP contribution in [0.15, 0.2) is 30.3 Å². The minimum Gasteiger partial charge on any atom is -0.358 e. The summed E-state index contributed by atoms with van der Waals surface area (Å²) in [5, 5.41) is 3.27. The molecule has 0 bridgehead atoms. The van der Waals surface area contributed by atoms with E-state index < -0.39 is 0 Å². The molecule has 120 valence electrons. The molecule has 1 atom stereocenters. The highest BCUT2D eigenvalue weighted by atomic mass is 16.2. The number of hydrogen-bond donors (Lipinski definition) is 1. The van der Waals surface area contributed by atoms with Gasteiger partial charge in [0.2, 0.25) is 5.91 Å². The zero-order valence-electron chi connectivity index (χ0n) is 13.8. The minimum atomic E-state index is -0.227. The summed E-state index contributed by atoms with van der Waals surface area (Å²) in [5.74, 6) is 1.56. The first-order chi connectivity index (χ1) is 11.1. The lowest BCUT2D eigenvalue weighted by atomic mass is 10.2. The van der Waals surface area contributed by atoms with Gasteiger partial charge in [0.25, 0.3) is 0 Å². The molecule has 23 heavy (non-hydrogen) atoms. The van der Waals surface area contributed by atoms with E-state index in [0.29, 0.717) is 0 Å². The van der Waals surface area contributed by atoms with Gasteiger partial charge in [-0.1, -0.05) is 24.6 Å². The number of carbonyl (C=O) groups excluding carboxylic acids is 1. The lowest BCUT2D eigenvalue weighted by molar-refractivity contribution is -0.117. The SMILES string of the molecule is CCc1cc(NC2CCN(c3ccc(C)cc3)C2=O)nc(C)n1. The van der Waals surface area contributed by atoms with E-state index in [2.05, 4.69) is 22.2 Å². The maximum Gasteiger partial charge on any atom is 0.249 e. The zero-order chi connectivity index (χ0) is 16.4. The van der Waals surface area contributed by atoms with Crippen LogP contribution in [0.3, 0.4) is 0 Å². The summed E-state index contributed by atoms with van der Waals surface area (Å²) >= 11 is 0. The number of aryl methyl sites for hydroxylation is 3. The summed E-state index contributed by atoms with van der Waals surface area (Å²) in [4.78, 5) is 23.3. The monoisotopic (exact) mass is 310 g/mol. The summed E-state index contributed by atoms with van der Waals surface area (Å²) < 4.78 is 0. The molecule has 5 nitrogen and oxygen atoms in total. The second-order valence-corrected chi connectivity index (χ2v) is 5.96. The summed E-state index contributed by atoms with van der Waals surface area (Å²) in [6, 6.07) is 9.76. The fourth-order valence-electron chi connectivity index (χ4n) is 2.86. The molecule has 0 spiro atoms. The van der Waals surface area contributed by atoms with Crippen molar-refractivity contribution in [1.82, 2.24) is 9.97 Å². The molecule has 1 unspecified atom stereocenters. The number of nitrogens with one attached hydrogen (secondary N) is 1. The normalized spacial score (nSPS) is 17.6. The first kappa shape index (κ1) is 15.5. The number of benzene rings is 1. The predicted molar refractivity (Wildman–Crippen MR) is 91.7 cm³/mol. The van der Waals surface area contributed by atoms with E-state index >= 15 is 0 Å². The summed E-state index contributed by atoms with van der Waals surface area (Å²) in [6.07, 6.45) is 1.63. The molecule has 0 saturated carbocycles. The predicted octanol–water partition coefficient (Wildman–Crippen LogP) is 2.87. The lowest BCUT2D eigenvalue weighted by Crippen LogP contribution is -2.33. The molecule has 3 rings (SSSR count). The Kier molecular flexibility index (Phi) is 4.28. The van der Waals surface area contributed by atoms with Crippen LogP contribution in [0.4, 0.5) is 11.5 Å². The van der Waals surface area contributed by atoms with Crippen molar-refractivity contribution in [2.75, 3.05) is 16.8 Å². The van der Waals surface area contributed by atoms with E-state index in [0.717, 1.165) is 42.4 Å². The van der Waals surface area contributed by atoms with Crippen LogP contribution in [0.5, 0.6) is 0 Å². The van der Waals surface area contributed by atoms with Gasteiger partial charge < -0.3 is 10.2 Å². The number of aromatic nitrogens is 2. The molecular formula is C18H22N4O. The Labute approximate surface area is 136 Å². The highest BCUT2D eigenvalue weighted by molar-refractivity contribution is 6.00. The average Bonchev–Trinajstić information content (AvgIpc) is 2.88. The van der Waals surface area contributed by atoms with Gasteiger partial charge in [-0.3, -0.25) is 4.79 Å². The van der Waals surface area contributed by atoms with E-state index in [1.807, 2.05) is 49.1 Å². The molecule has 0 aliphatic carbocycles. The average molecular weight is 310 g/mol. The number of hydrogen-bond acceptors (Lipinski definition) is 4. The largest absolute Gasteiger partial charge is 0.358 e. The molecule has 1 amide bonds. The van der Waals surface area contributed by atoms with Gasteiger partial charge in [-0.05, 0) is 38.8 Å². The Morgan fingerprint density at radius 2 is 1.96 bits per heavy atom. The second kappa shape index (κ2) is 6.36. The van der Waals surface area contributed by atoms with Crippen molar-refractivity contribution >= 4 is 17.4 Å². The molecule has 1 aliphatic rings. The third-order valence-electron chi connectivity index (χ3n) is 4.13. The maximum absolute atomic E-state index is 12.7. The van der Waals surface area contributed by atoms with Crippen LogP contribution in [0.25, 0.3) is 0 Å². The first-order valence-corrected chi connectivity index (χ1v) is 8.06. The first-order valence-electron chi connectivity index (χ1n) is 8.06. The molecule has 1 saturated heterocycles. The Hall–Kier alpha value is -2.43. The van der Waals surface area contributed by atoms with Crippen molar-refractivity contribution in [3.05, 3.63) is 47.4 Å². The molecule has 5 heteroatoms. The Balaban J connectivity index is 1.74. The van der Waals surface area contributed by atoms with Gasteiger partial charge in [0.1, 0.15) is 17.7 Å². The molecule has 1 fully saturated rings. The second-order valence-electron chi connectivity index (χ2n) is 5.96. The van der Waals surface area contributed by atoms with E-state index in [4.69, 9.17) is 0 Å². The third-order valence-corrected chi connectivity index (χ3v) is 4.13. The molecule has 1 aliphatic heterocycles. The van der Waals surface area contributed by atoms with Gasteiger partial charge >= 0.3 is 0 Å². The smallest absolute Gasteiger partial charge is 0.249 e. The summed E-state index contributed by atoms with van der Waals surface area (Å²) in [7, 11) is 0. The van der Waals surface area contributed by atoms with Crippen LogP contribution >= 0.6 is 0 Å². The number of anilines is 2. The quantitative estimate of drug-likeness (QED) is 0.943. The van der Waals surface area contributed by atoms with Gasteiger partial charge in [0.05, 0.1) is 0 Å². The fourth-order valence-corrected chi connectivity index (χ4v) is 2.86. The molecule has 1 aromatic heterocycles. The van der Waals surface area contributed by atoms with Crippen molar-refractivity contribution < 1.29 is 4.79 Å². The van der Waals surface area contributed by atoms with Crippen LogP contribution in [0.1, 0.15) is 30.4 Å². The third kappa shape index (κ3) is 3.33. The highest BCUT2D eigenvalue weighted by Crippen LogP contribution is 2.24. The van der Waals surface area contributed by atoms with E-state index in [1.165, 1.54) is 5.56 Å². The van der Waals surface area contributed by atoms with Crippen molar-refractivity contribution in [1.29, 1.82) is 0 Å². The Bertz CT molecular complexity index is 711. The van der Waals surface area contributed by atoms with Gasteiger partial charge in [-0.25, -0.2) is 9.97 Å². The Morgan fingerprint density at radius 1 is 1.22 bits per heavy atom. The van der Waals surface area contributed by atoms with Crippen LogP contribution in [0.2, 0.25) is 0 Å². The number of rotatable bonds is 4. The van der Waals surface area contributed by atoms with Crippen LogP contribution < -0.4 is 10.2 Å². The number of amides is 1. The fraction of sp³-hybridized carbons (Fsp3) is 0.389. The lowest BCUT2D eigenvalue weighted by Gasteiger charge is -2.18. The van der Waals surface area contributed by atoms with Gasteiger partial charge in [0, 0.05) is 24.0 Å². The van der Waals surface area contributed by atoms with Gasteiger partial charge in [-0.15, -0.1) is 0 Å². The molecule has 2 aromatic rings. The summed E-state index contributed by atoms with van der Waals surface area (Å²) in [6.45, 7) is 6.71. The zero-order valence-corrected chi connectivity index (χ0v) is 13.8. The topological polar surface area (TPSA) is 58.1 Å². The van der Waals surface area contributed by atoms with Crippen LogP contribution in [-0.4, -0.2) is 28.5 Å². The molecule has 1 aromatic carbocycles. The van der Waals surface area contributed by atoms with Crippen molar-refractivity contribution in [2.24, 2.45) is 0 Å². The molecule has 2 heterocycles. The van der Waals surface area contributed by atoms with E-state index in [-0.39, 0.29) is 11.9 Å². The standard InChI is InChI=1S/C18H22N4O/c1-4-14-11-17(20-13(3)19-14)21-16-9-10-22(18(16)23)15-7-5-12(2)6-8-15/h5-8,11,16H,4,9-10H2,1-3H3,(H,19,20,21). The van der Waals surface area contributed by atoms with Crippen LogP contribution in [-0.2, 0) is 11.2 Å². The highest BCUT2D eigenvalue weighted by Gasteiger charge is 2.32. The molecular weight excluding hydrogens is 288 g/mol. The Morgan fingerprint density at radius 3 is 2.65 bits per heavy atom. The van der Waals surface area contributed by atoms with Gasteiger partial charge in [0.15, 0.2) is 0 Å². The van der Waals surface area contributed by atoms with Crippen molar-refractivity contribution in [3.8, 4) is 0 Å². The molecule has 0 radical (unpaired) electrons. The number of nitrogens with zero attached hydrogens (tertiary/aromatic N) is 3.